The molecule has 3 rings (SSSR count). The predicted octanol–water partition coefficient (Wildman–Crippen LogP) is 2.94. The van der Waals surface area contributed by atoms with Crippen molar-refractivity contribution >= 4 is 23.5 Å². The number of Topliss-reactive ketones (excluding diaryl/α,β-unsaturated/α-hetero) is 1. The molecule has 5 nitrogen and oxygen atoms in total. The Hall–Kier alpha value is -2.47. The molecule has 6 heteroatoms. The number of nitrogens with one attached hydrogen (secondary N) is 1. The van der Waals surface area contributed by atoms with Gasteiger partial charge in [-0.25, -0.2) is 0 Å². The first kappa shape index (κ1) is 17.4. The van der Waals surface area contributed by atoms with Crippen molar-refractivity contribution in [3.05, 3.63) is 54.1 Å². The van der Waals surface area contributed by atoms with Crippen LogP contribution in [-0.2, 0) is 4.79 Å². The molecule has 2 aromatic carbocycles. The topological polar surface area (TPSA) is 64.6 Å². The lowest BCUT2D eigenvalue weighted by atomic mass is 10.1. The Bertz CT molecular complexity index is 748. The molecule has 0 aromatic heterocycles. The van der Waals surface area contributed by atoms with E-state index in [1.165, 1.54) is 11.8 Å². The number of carbonyl (C=O) groups is 2. The molecule has 1 amide bonds. The van der Waals surface area contributed by atoms with E-state index < -0.39 is 0 Å². The Morgan fingerprint density at radius 3 is 2.56 bits per heavy atom. The third-order valence-electron chi connectivity index (χ3n) is 3.63. The van der Waals surface area contributed by atoms with E-state index in [0.717, 1.165) is 17.1 Å². The number of hydrogen-bond acceptors (Lipinski definition) is 5. The highest BCUT2D eigenvalue weighted by molar-refractivity contribution is 8.00. The molecule has 130 valence electrons. The van der Waals surface area contributed by atoms with E-state index in [4.69, 9.17) is 9.47 Å². The van der Waals surface area contributed by atoms with Gasteiger partial charge in [-0.2, -0.15) is 0 Å². The first-order valence-corrected chi connectivity index (χ1v) is 9.08. The smallest absolute Gasteiger partial charge is 0.230 e. The number of thioether (sulfide) groups is 1. The Morgan fingerprint density at radius 1 is 1.00 bits per heavy atom. The second-order valence-electron chi connectivity index (χ2n) is 5.51. The van der Waals surface area contributed by atoms with Crippen molar-refractivity contribution in [2.24, 2.45) is 0 Å². The molecule has 1 aliphatic heterocycles. The summed E-state index contributed by atoms with van der Waals surface area (Å²) in [5.74, 6) is 1.40. The Kier molecular flexibility index (Phi) is 5.95. The monoisotopic (exact) mass is 357 g/mol. The van der Waals surface area contributed by atoms with Crippen LogP contribution >= 0.6 is 11.8 Å². The van der Waals surface area contributed by atoms with Crippen LogP contribution in [0.15, 0.2) is 53.4 Å². The predicted molar refractivity (Wildman–Crippen MR) is 96.6 cm³/mol. The number of fused-ring (bicyclic) bond motifs is 1. The van der Waals surface area contributed by atoms with E-state index in [0.29, 0.717) is 24.5 Å². The normalized spacial score (nSPS) is 13.0. The van der Waals surface area contributed by atoms with Crippen molar-refractivity contribution in [3.63, 3.8) is 0 Å². The third kappa shape index (κ3) is 5.00. The standard InChI is InChI=1S/C19H19NO4S/c21-16(14-5-2-1-3-6-14)12-20-19(22)13-25-15-7-8-17-18(11-15)24-10-4-9-23-17/h1-3,5-8,11H,4,9-10,12-13H2,(H,20,22). The van der Waals surface area contributed by atoms with E-state index in [9.17, 15) is 9.59 Å². The first-order chi connectivity index (χ1) is 12.2. The summed E-state index contributed by atoms with van der Waals surface area (Å²) in [6.07, 6.45) is 0.856. The third-order valence-corrected chi connectivity index (χ3v) is 4.62. The van der Waals surface area contributed by atoms with Crippen LogP contribution in [0, 0.1) is 0 Å². The van der Waals surface area contributed by atoms with Crippen LogP contribution in [0.4, 0.5) is 0 Å². The molecule has 0 saturated heterocycles. The zero-order valence-corrected chi connectivity index (χ0v) is 14.5. The molecule has 0 aliphatic carbocycles. The van der Waals surface area contributed by atoms with Gasteiger partial charge in [-0.05, 0) is 18.2 Å². The van der Waals surface area contributed by atoms with Crippen molar-refractivity contribution in [1.82, 2.24) is 5.32 Å². The second kappa shape index (κ2) is 8.58. The highest BCUT2D eigenvalue weighted by Gasteiger charge is 2.12. The van der Waals surface area contributed by atoms with Crippen LogP contribution in [0.3, 0.4) is 0 Å². The zero-order valence-electron chi connectivity index (χ0n) is 13.7. The summed E-state index contributed by atoms with van der Waals surface area (Å²) in [4.78, 5) is 24.8. The van der Waals surface area contributed by atoms with Crippen molar-refractivity contribution in [1.29, 1.82) is 0 Å². The summed E-state index contributed by atoms with van der Waals surface area (Å²) in [5.41, 5.74) is 0.596. The van der Waals surface area contributed by atoms with Crippen LogP contribution < -0.4 is 14.8 Å². The van der Waals surface area contributed by atoms with E-state index >= 15 is 0 Å². The minimum absolute atomic E-state index is 0.00451. The van der Waals surface area contributed by atoms with Crippen LogP contribution in [0.25, 0.3) is 0 Å². The van der Waals surface area contributed by atoms with Crippen molar-refractivity contribution in [3.8, 4) is 11.5 Å². The van der Waals surface area contributed by atoms with Crippen molar-refractivity contribution < 1.29 is 19.1 Å². The number of rotatable bonds is 6. The lowest BCUT2D eigenvalue weighted by Crippen LogP contribution is -2.30. The molecular formula is C19H19NO4S. The van der Waals surface area contributed by atoms with Gasteiger partial charge in [0.25, 0.3) is 0 Å². The molecule has 0 fully saturated rings. The fourth-order valence-corrected chi connectivity index (χ4v) is 3.09. The maximum Gasteiger partial charge on any atom is 0.230 e. The zero-order chi connectivity index (χ0) is 17.5. The van der Waals surface area contributed by atoms with E-state index in [2.05, 4.69) is 5.32 Å². The average molecular weight is 357 g/mol. The summed E-state index contributed by atoms with van der Waals surface area (Å²) in [5, 5.41) is 2.66. The van der Waals surface area contributed by atoms with Crippen LogP contribution in [0.5, 0.6) is 11.5 Å². The Balaban J connectivity index is 1.47. The molecule has 1 aliphatic rings. The maximum absolute atomic E-state index is 12.0. The van der Waals surface area contributed by atoms with Crippen LogP contribution in [0.2, 0.25) is 0 Å². The van der Waals surface area contributed by atoms with Crippen LogP contribution in [0.1, 0.15) is 16.8 Å². The van der Waals surface area contributed by atoms with Gasteiger partial charge in [0.05, 0.1) is 25.5 Å². The van der Waals surface area contributed by atoms with E-state index in [1.54, 1.807) is 24.3 Å². The summed E-state index contributed by atoms with van der Waals surface area (Å²) < 4.78 is 11.2. The largest absolute Gasteiger partial charge is 0.490 e. The van der Waals surface area contributed by atoms with Gasteiger partial charge in [-0.15, -0.1) is 11.8 Å². The molecule has 0 saturated carbocycles. The minimum Gasteiger partial charge on any atom is -0.490 e. The average Bonchev–Trinajstić information content (AvgIpc) is 2.90. The van der Waals surface area contributed by atoms with Crippen molar-refractivity contribution in [2.45, 2.75) is 11.3 Å². The number of hydrogen-bond donors (Lipinski definition) is 1. The SMILES string of the molecule is O=C(CSc1ccc2c(c1)OCCCO2)NCC(=O)c1ccccc1. The highest BCUT2D eigenvalue weighted by atomic mass is 32.2. The molecule has 0 unspecified atom stereocenters. The Morgan fingerprint density at radius 2 is 1.76 bits per heavy atom. The summed E-state index contributed by atoms with van der Waals surface area (Å²) >= 11 is 1.40. The number of ketones is 1. The van der Waals surface area contributed by atoms with Gasteiger partial charge in [-0.3, -0.25) is 9.59 Å². The number of amides is 1. The molecule has 25 heavy (non-hydrogen) atoms. The van der Waals surface area contributed by atoms with Gasteiger partial charge in [0, 0.05) is 16.9 Å². The molecule has 2 aromatic rings. The van der Waals surface area contributed by atoms with E-state index in [-0.39, 0.29) is 24.0 Å². The highest BCUT2D eigenvalue weighted by Crippen LogP contribution is 2.33. The molecule has 0 spiro atoms. The fourth-order valence-electron chi connectivity index (χ4n) is 2.34. The van der Waals surface area contributed by atoms with Gasteiger partial charge in [0.2, 0.25) is 5.91 Å². The van der Waals surface area contributed by atoms with Gasteiger partial charge >= 0.3 is 0 Å². The molecule has 0 bridgehead atoms. The molecule has 0 radical (unpaired) electrons. The van der Waals surface area contributed by atoms with Gasteiger partial charge in [0.1, 0.15) is 0 Å². The Labute approximate surface area is 150 Å². The molecule has 0 atom stereocenters. The van der Waals surface area contributed by atoms with E-state index in [1.807, 2.05) is 24.3 Å². The number of carbonyl (C=O) groups excluding carboxylic acids is 2. The van der Waals surface area contributed by atoms with Crippen molar-refractivity contribution in [2.75, 3.05) is 25.5 Å². The first-order valence-electron chi connectivity index (χ1n) is 8.10. The second-order valence-corrected chi connectivity index (χ2v) is 6.56. The molecule has 1 N–H and O–H groups in total. The molecule has 1 heterocycles. The quantitative estimate of drug-likeness (QED) is 0.636. The summed E-state index contributed by atoms with van der Waals surface area (Å²) in [7, 11) is 0. The maximum atomic E-state index is 12.0. The lowest BCUT2D eigenvalue weighted by Gasteiger charge is -2.09. The molecular weight excluding hydrogens is 338 g/mol. The van der Waals surface area contributed by atoms with Gasteiger partial charge in [-0.1, -0.05) is 30.3 Å². The number of ether oxygens (including phenoxy) is 2. The minimum atomic E-state index is -0.179. The summed E-state index contributed by atoms with van der Waals surface area (Å²) in [6.45, 7) is 1.28. The number of benzene rings is 2. The van der Waals surface area contributed by atoms with Gasteiger partial charge in [0.15, 0.2) is 17.3 Å². The van der Waals surface area contributed by atoms with Crippen LogP contribution in [-0.4, -0.2) is 37.2 Å². The lowest BCUT2D eigenvalue weighted by molar-refractivity contribution is -0.118. The van der Waals surface area contributed by atoms with Gasteiger partial charge < -0.3 is 14.8 Å². The fraction of sp³-hybridized carbons (Fsp3) is 0.263. The summed E-state index contributed by atoms with van der Waals surface area (Å²) in [6, 6.07) is 14.6.